The molecular weight excluding hydrogens is 218 g/mol. The first-order valence-electron chi connectivity index (χ1n) is 8.47. The molecule has 0 aromatic carbocycles. The summed E-state index contributed by atoms with van der Waals surface area (Å²) in [5.74, 6) is 3.91. The van der Waals surface area contributed by atoms with Crippen LogP contribution in [0.3, 0.4) is 0 Å². The Morgan fingerprint density at radius 2 is 1.78 bits per heavy atom. The molecule has 0 radical (unpaired) electrons. The lowest BCUT2D eigenvalue weighted by Gasteiger charge is -2.40. The standard InChI is InChI=1S/C17H35N/c1-5-11-18-13-16-10-9-14(6-2)12-17(16)15(7-3)8-4/h14-18H,5-13H2,1-4H3. The monoisotopic (exact) mass is 253 g/mol. The Kier molecular flexibility index (Phi) is 7.97. The van der Waals surface area contributed by atoms with Crippen molar-refractivity contribution in [3.8, 4) is 0 Å². The maximum absolute atomic E-state index is 3.67. The molecule has 0 aliphatic heterocycles. The molecular formula is C17H35N. The molecule has 3 unspecified atom stereocenters. The summed E-state index contributed by atoms with van der Waals surface area (Å²) in [5, 5.41) is 3.67. The van der Waals surface area contributed by atoms with Gasteiger partial charge in [-0.25, -0.2) is 0 Å². The van der Waals surface area contributed by atoms with Gasteiger partial charge in [0.15, 0.2) is 0 Å². The lowest BCUT2D eigenvalue weighted by molar-refractivity contribution is 0.110. The Morgan fingerprint density at radius 1 is 1.06 bits per heavy atom. The molecule has 3 atom stereocenters. The van der Waals surface area contributed by atoms with Gasteiger partial charge < -0.3 is 5.32 Å². The van der Waals surface area contributed by atoms with Crippen LogP contribution >= 0.6 is 0 Å². The van der Waals surface area contributed by atoms with E-state index in [1.54, 1.807) is 0 Å². The van der Waals surface area contributed by atoms with E-state index in [2.05, 4.69) is 33.0 Å². The van der Waals surface area contributed by atoms with E-state index < -0.39 is 0 Å². The summed E-state index contributed by atoms with van der Waals surface area (Å²) in [6.07, 6.45) is 9.86. The second-order valence-electron chi connectivity index (χ2n) is 6.29. The van der Waals surface area contributed by atoms with Crippen molar-refractivity contribution in [1.29, 1.82) is 0 Å². The Bertz CT molecular complexity index is 196. The van der Waals surface area contributed by atoms with Gasteiger partial charge in [0.25, 0.3) is 0 Å². The molecule has 108 valence electrons. The van der Waals surface area contributed by atoms with Crippen molar-refractivity contribution in [3.63, 3.8) is 0 Å². The van der Waals surface area contributed by atoms with Crippen molar-refractivity contribution in [2.24, 2.45) is 23.7 Å². The van der Waals surface area contributed by atoms with Gasteiger partial charge in [0.05, 0.1) is 0 Å². The summed E-state index contributed by atoms with van der Waals surface area (Å²) in [4.78, 5) is 0. The molecule has 1 heteroatoms. The minimum atomic E-state index is 0.948. The molecule has 0 amide bonds. The molecule has 0 aromatic heterocycles. The van der Waals surface area contributed by atoms with Crippen LogP contribution in [0, 0.1) is 23.7 Å². The van der Waals surface area contributed by atoms with E-state index in [1.165, 1.54) is 58.0 Å². The molecule has 1 nitrogen and oxygen atoms in total. The average molecular weight is 253 g/mol. The van der Waals surface area contributed by atoms with Gasteiger partial charge in [-0.05, 0) is 56.0 Å². The smallest absolute Gasteiger partial charge is 0.00178 e. The topological polar surface area (TPSA) is 12.0 Å². The minimum Gasteiger partial charge on any atom is -0.316 e. The average Bonchev–Trinajstić information content (AvgIpc) is 2.41. The van der Waals surface area contributed by atoms with Gasteiger partial charge in [0.1, 0.15) is 0 Å². The molecule has 0 bridgehead atoms. The highest BCUT2D eigenvalue weighted by molar-refractivity contribution is 4.84. The summed E-state index contributed by atoms with van der Waals surface area (Å²) in [5.41, 5.74) is 0. The summed E-state index contributed by atoms with van der Waals surface area (Å²) < 4.78 is 0. The maximum atomic E-state index is 3.67. The van der Waals surface area contributed by atoms with Crippen molar-refractivity contribution >= 4 is 0 Å². The highest BCUT2D eigenvalue weighted by atomic mass is 14.9. The van der Waals surface area contributed by atoms with Gasteiger partial charge in [-0.3, -0.25) is 0 Å². The summed E-state index contributed by atoms with van der Waals surface area (Å²) >= 11 is 0. The molecule has 1 rings (SSSR count). The number of nitrogens with one attached hydrogen (secondary N) is 1. The predicted octanol–water partition coefficient (Wildman–Crippen LogP) is 4.86. The zero-order valence-electron chi connectivity index (χ0n) is 13.2. The highest BCUT2D eigenvalue weighted by Crippen LogP contribution is 2.41. The summed E-state index contributed by atoms with van der Waals surface area (Å²) in [6.45, 7) is 11.9. The van der Waals surface area contributed by atoms with Crippen LogP contribution in [0.25, 0.3) is 0 Å². The SMILES string of the molecule is CCCNCC1CCC(CC)CC1C(CC)CC. The normalized spacial score (nSPS) is 28.8. The van der Waals surface area contributed by atoms with Crippen molar-refractivity contribution < 1.29 is 0 Å². The van der Waals surface area contributed by atoms with E-state index in [1.807, 2.05) is 0 Å². The first-order chi connectivity index (χ1) is 8.76. The molecule has 1 N–H and O–H groups in total. The van der Waals surface area contributed by atoms with Crippen LogP contribution in [0.1, 0.15) is 72.6 Å². The van der Waals surface area contributed by atoms with Crippen LogP contribution in [0.2, 0.25) is 0 Å². The van der Waals surface area contributed by atoms with Crippen LogP contribution in [0.15, 0.2) is 0 Å². The lowest BCUT2D eigenvalue weighted by atomic mass is 9.67. The third-order valence-electron chi connectivity index (χ3n) is 5.22. The fourth-order valence-corrected chi connectivity index (χ4v) is 3.92. The molecule has 1 fully saturated rings. The lowest BCUT2D eigenvalue weighted by Crippen LogP contribution is -2.36. The maximum Gasteiger partial charge on any atom is -0.00178 e. The van der Waals surface area contributed by atoms with Crippen LogP contribution in [0.5, 0.6) is 0 Å². The fraction of sp³-hybridized carbons (Fsp3) is 1.00. The molecule has 1 saturated carbocycles. The molecule has 1 aliphatic carbocycles. The Labute approximate surface area is 115 Å². The fourth-order valence-electron chi connectivity index (χ4n) is 3.92. The summed E-state index contributed by atoms with van der Waals surface area (Å²) in [7, 11) is 0. The quantitative estimate of drug-likeness (QED) is 0.609. The summed E-state index contributed by atoms with van der Waals surface area (Å²) in [6, 6.07) is 0. The van der Waals surface area contributed by atoms with E-state index in [9.17, 15) is 0 Å². The first-order valence-corrected chi connectivity index (χ1v) is 8.47. The van der Waals surface area contributed by atoms with Crippen molar-refractivity contribution in [2.75, 3.05) is 13.1 Å². The number of rotatable bonds is 8. The molecule has 18 heavy (non-hydrogen) atoms. The zero-order chi connectivity index (χ0) is 13.4. The van der Waals surface area contributed by atoms with Crippen molar-refractivity contribution in [2.45, 2.75) is 72.6 Å². The largest absolute Gasteiger partial charge is 0.316 e. The molecule has 1 aliphatic rings. The van der Waals surface area contributed by atoms with Gasteiger partial charge in [-0.1, -0.05) is 53.4 Å². The highest BCUT2D eigenvalue weighted by Gasteiger charge is 2.33. The molecule has 0 saturated heterocycles. The van der Waals surface area contributed by atoms with Crippen LogP contribution in [0.4, 0.5) is 0 Å². The number of hydrogen-bond acceptors (Lipinski definition) is 1. The molecule has 0 aromatic rings. The van der Waals surface area contributed by atoms with Gasteiger partial charge >= 0.3 is 0 Å². The third kappa shape index (κ3) is 4.57. The Morgan fingerprint density at radius 3 is 2.33 bits per heavy atom. The van der Waals surface area contributed by atoms with Gasteiger partial charge in [-0.2, -0.15) is 0 Å². The second-order valence-corrected chi connectivity index (χ2v) is 6.29. The Balaban J connectivity index is 2.55. The van der Waals surface area contributed by atoms with Crippen molar-refractivity contribution in [3.05, 3.63) is 0 Å². The van der Waals surface area contributed by atoms with Gasteiger partial charge in [0, 0.05) is 0 Å². The van der Waals surface area contributed by atoms with Crippen molar-refractivity contribution in [1.82, 2.24) is 5.32 Å². The van der Waals surface area contributed by atoms with E-state index in [0.717, 1.165) is 23.7 Å². The third-order valence-corrected chi connectivity index (χ3v) is 5.22. The second kappa shape index (κ2) is 8.96. The predicted molar refractivity (Wildman–Crippen MR) is 81.8 cm³/mol. The van der Waals surface area contributed by atoms with Crippen LogP contribution in [-0.2, 0) is 0 Å². The minimum absolute atomic E-state index is 0.948. The Hall–Kier alpha value is -0.0400. The molecule has 0 spiro atoms. The number of hydrogen-bond donors (Lipinski definition) is 1. The van der Waals surface area contributed by atoms with Crippen LogP contribution in [-0.4, -0.2) is 13.1 Å². The van der Waals surface area contributed by atoms with Gasteiger partial charge in [0.2, 0.25) is 0 Å². The van der Waals surface area contributed by atoms with E-state index in [4.69, 9.17) is 0 Å². The van der Waals surface area contributed by atoms with Crippen LogP contribution < -0.4 is 5.32 Å². The first kappa shape index (κ1) is 16.0. The molecule has 0 heterocycles. The van der Waals surface area contributed by atoms with E-state index >= 15 is 0 Å². The van der Waals surface area contributed by atoms with E-state index in [-0.39, 0.29) is 0 Å². The van der Waals surface area contributed by atoms with Gasteiger partial charge in [-0.15, -0.1) is 0 Å². The van der Waals surface area contributed by atoms with E-state index in [0.29, 0.717) is 0 Å². The zero-order valence-corrected chi connectivity index (χ0v) is 13.2.